The van der Waals surface area contributed by atoms with E-state index >= 15 is 0 Å². The molecule has 5 nitrogen and oxygen atoms in total. The van der Waals surface area contributed by atoms with Crippen molar-refractivity contribution in [1.82, 2.24) is 14.2 Å². The number of hydrogen-bond acceptors (Lipinski definition) is 4. The number of likely N-dealkylation sites (tertiary alicyclic amines) is 1. The molecule has 0 radical (unpaired) electrons. The van der Waals surface area contributed by atoms with E-state index in [9.17, 15) is 8.42 Å². The van der Waals surface area contributed by atoms with Gasteiger partial charge in [-0.3, -0.25) is 4.90 Å². The van der Waals surface area contributed by atoms with Crippen LogP contribution in [-0.4, -0.2) is 37.5 Å². The van der Waals surface area contributed by atoms with Crippen LogP contribution < -0.4 is 4.72 Å². The van der Waals surface area contributed by atoms with Crippen LogP contribution in [0, 0.1) is 6.92 Å². The van der Waals surface area contributed by atoms with Crippen LogP contribution in [0.4, 0.5) is 0 Å². The lowest BCUT2D eigenvalue weighted by Crippen LogP contribution is -2.39. The molecule has 3 heterocycles. The van der Waals surface area contributed by atoms with Crippen LogP contribution in [0.3, 0.4) is 0 Å². The zero-order valence-electron chi connectivity index (χ0n) is 14.9. The smallest absolute Gasteiger partial charge is 0.250 e. The van der Waals surface area contributed by atoms with E-state index in [1.165, 1.54) is 37.0 Å². The molecule has 2 aromatic rings. The molecule has 1 unspecified atom stereocenters. The van der Waals surface area contributed by atoms with Crippen molar-refractivity contribution in [2.75, 3.05) is 19.6 Å². The summed E-state index contributed by atoms with van der Waals surface area (Å²) < 4.78 is 30.6. The van der Waals surface area contributed by atoms with Crippen molar-refractivity contribution in [2.45, 2.75) is 42.9 Å². The van der Waals surface area contributed by atoms with Gasteiger partial charge in [0.2, 0.25) is 10.0 Å². The van der Waals surface area contributed by atoms with Gasteiger partial charge >= 0.3 is 0 Å². The predicted molar refractivity (Wildman–Crippen MR) is 102 cm³/mol. The molecule has 2 aromatic heterocycles. The lowest BCUT2D eigenvalue weighted by molar-refractivity contribution is 0.199. The third-order valence-corrected chi connectivity index (χ3v) is 7.77. The van der Waals surface area contributed by atoms with Gasteiger partial charge in [-0.15, -0.1) is 11.3 Å². The van der Waals surface area contributed by atoms with E-state index in [1.807, 2.05) is 32.3 Å². The van der Waals surface area contributed by atoms with Crippen molar-refractivity contribution >= 4 is 21.4 Å². The largest absolute Gasteiger partial charge is 0.353 e. The van der Waals surface area contributed by atoms with E-state index in [4.69, 9.17) is 0 Å². The van der Waals surface area contributed by atoms with Crippen LogP contribution in [0.15, 0.2) is 34.7 Å². The number of rotatable bonds is 6. The molecule has 1 aliphatic rings. The van der Waals surface area contributed by atoms with E-state index in [0.717, 1.165) is 23.7 Å². The fourth-order valence-corrected chi connectivity index (χ4v) is 5.83. The van der Waals surface area contributed by atoms with E-state index < -0.39 is 10.0 Å². The number of aryl methyl sites for hydroxylation is 2. The number of hydrogen-bond donors (Lipinski definition) is 1. The predicted octanol–water partition coefficient (Wildman–Crippen LogP) is 3.29. The standard InChI is InChI=1S/C18H27N3O2S2/c1-15-9-10-18(24-15)25(22,23)19-14-17(16-8-7-11-20(16)2)21-12-5-3-4-6-13-21/h7-11,17,19H,3-6,12-14H2,1-2H3. The van der Waals surface area contributed by atoms with E-state index in [2.05, 4.69) is 20.3 Å². The second kappa shape index (κ2) is 8.03. The van der Waals surface area contributed by atoms with Crippen LogP contribution >= 0.6 is 11.3 Å². The third kappa shape index (κ3) is 4.53. The number of thiophene rings is 1. The number of aromatic nitrogens is 1. The molecule has 0 saturated carbocycles. The Bertz CT molecular complexity index is 787. The molecule has 1 aliphatic heterocycles. The van der Waals surface area contributed by atoms with E-state index in [1.54, 1.807) is 6.07 Å². The average molecular weight is 382 g/mol. The fraction of sp³-hybridized carbons (Fsp3) is 0.556. The molecule has 1 fully saturated rings. The quantitative estimate of drug-likeness (QED) is 0.835. The summed E-state index contributed by atoms with van der Waals surface area (Å²) >= 11 is 1.32. The summed E-state index contributed by atoms with van der Waals surface area (Å²) in [5.74, 6) is 0. The second-order valence-corrected chi connectivity index (χ2v) is 10.0. The molecule has 0 spiro atoms. The highest BCUT2D eigenvalue weighted by Crippen LogP contribution is 2.25. The Morgan fingerprint density at radius 3 is 2.44 bits per heavy atom. The van der Waals surface area contributed by atoms with Gasteiger partial charge in [0.1, 0.15) is 4.21 Å². The number of sulfonamides is 1. The molecule has 138 valence electrons. The lowest BCUT2D eigenvalue weighted by Gasteiger charge is -2.31. The summed E-state index contributed by atoms with van der Waals surface area (Å²) in [6.07, 6.45) is 6.90. The lowest BCUT2D eigenvalue weighted by atomic mass is 10.1. The van der Waals surface area contributed by atoms with Crippen LogP contribution in [0.2, 0.25) is 0 Å². The molecule has 0 amide bonds. The Morgan fingerprint density at radius 2 is 1.88 bits per heavy atom. The third-order valence-electron chi connectivity index (χ3n) is 4.85. The Labute approximate surface area is 154 Å². The van der Waals surface area contributed by atoms with Gasteiger partial charge in [-0.25, -0.2) is 13.1 Å². The first-order valence-corrected chi connectivity index (χ1v) is 11.2. The van der Waals surface area contributed by atoms with Crippen molar-refractivity contribution < 1.29 is 8.42 Å². The fourth-order valence-electron chi connectivity index (χ4n) is 3.46. The summed E-state index contributed by atoms with van der Waals surface area (Å²) in [6.45, 7) is 4.37. The molecular formula is C18H27N3O2S2. The summed E-state index contributed by atoms with van der Waals surface area (Å²) in [4.78, 5) is 3.44. The molecule has 0 aliphatic carbocycles. The minimum Gasteiger partial charge on any atom is -0.353 e. The maximum Gasteiger partial charge on any atom is 0.250 e. The minimum absolute atomic E-state index is 0.0638. The maximum absolute atomic E-state index is 12.6. The molecular weight excluding hydrogens is 354 g/mol. The molecule has 7 heteroatoms. The van der Waals surface area contributed by atoms with Gasteiger partial charge in [0, 0.05) is 30.4 Å². The van der Waals surface area contributed by atoms with Crippen molar-refractivity contribution in [1.29, 1.82) is 0 Å². The van der Waals surface area contributed by atoms with Crippen molar-refractivity contribution in [3.05, 3.63) is 41.0 Å². The van der Waals surface area contributed by atoms with Crippen LogP contribution in [0.25, 0.3) is 0 Å². The first-order chi connectivity index (χ1) is 12.0. The van der Waals surface area contributed by atoms with Crippen LogP contribution in [0.5, 0.6) is 0 Å². The molecule has 3 rings (SSSR count). The highest BCUT2D eigenvalue weighted by atomic mass is 32.2. The molecule has 1 atom stereocenters. The molecule has 1 saturated heterocycles. The summed E-state index contributed by atoms with van der Waals surface area (Å²) in [7, 11) is -1.43. The van der Waals surface area contributed by atoms with Crippen LogP contribution in [-0.2, 0) is 17.1 Å². The SMILES string of the molecule is Cc1ccc(S(=O)(=O)NCC(c2cccn2C)N2CCCCCC2)s1. The summed E-state index contributed by atoms with van der Waals surface area (Å²) in [5.41, 5.74) is 1.16. The van der Waals surface area contributed by atoms with Gasteiger partial charge < -0.3 is 4.57 Å². The summed E-state index contributed by atoms with van der Waals surface area (Å²) in [6, 6.07) is 7.72. The topological polar surface area (TPSA) is 54.3 Å². The van der Waals surface area contributed by atoms with Crippen molar-refractivity contribution in [2.24, 2.45) is 7.05 Å². The van der Waals surface area contributed by atoms with E-state index in [0.29, 0.717) is 10.8 Å². The summed E-state index contributed by atoms with van der Waals surface area (Å²) in [5, 5.41) is 0. The molecule has 25 heavy (non-hydrogen) atoms. The van der Waals surface area contributed by atoms with Gasteiger partial charge in [-0.1, -0.05) is 12.8 Å². The highest BCUT2D eigenvalue weighted by Gasteiger charge is 2.26. The van der Waals surface area contributed by atoms with Crippen molar-refractivity contribution in [3.8, 4) is 0 Å². The first-order valence-electron chi connectivity index (χ1n) is 8.89. The molecule has 0 aromatic carbocycles. The van der Waals surface area contributed by atoms with E-state index in [-0.39, 0.29) is 6.04 Å². The highest BCUT2D eigenvalue weighted by molar-refractivity contribution is 7.91. The van der Waals surface area contributed by atoms with Gasteiger partial charge in [-0.2, -0.15) is 0 Å². The Balaban J connectivity index is 1.79. The monoisotopic (exact) mass is 381 g/mol. The number of nitrogens with zero attached hydrogens (tertiary/aromatic N) is 2. The number of nitrogens with one attached hydrogen (secondary N) is 1. The van der Waals surface area contributed by atoms with Gasteiger partial charge in [-0.05, 0) is 57.1 Å². The normalized spacial score (nSPS) is 18.2. The zero-order chi connectivity index (χ0) is 17.9. The van der Waals surface area contributed by atoms with Gasteiger partial charge in [0.15, 0.2) is 0 Å². The first kappa shape index (κ1) is 18.6. The Hall–Kier alpha value is -1.15. The second-order valence-electron chi connectivity index (χ2n) is 6.73. The molecule has 0 bridgehead atoms. The maximum atomic E-state index is 12.6. The molecule has 1 N–H and O–H groups in total. The van der Waals surface area contributed by atoms with Gasteiger partial charge in [0.25, 0.3) is 0 Å². The van der Waals surface area contributed by atoms with Gasteiger partial charge in [0.05, 0.1) is 6.04 Å². The van der Waals surface area contributed by atoms with Crippen molar-refractivity contribution in [3.63, 3.8) is 0 Å². The zero-order valence-corrected chi connectivity index (χ0v) is 16.6. The van der Waals surface area contributed by atoms with Crippen LogP contribution in [0.1, 0.15) is 42.3 Å². The Morgan fingerprint density at radius 1 is 1.16 bits per heavy atom. The minimum atomic E-state index is -3.45. The average Bonchev–Trinajstić information content (AvgIpc) is 3.10. The Kier molecular flexibility index (Phi) is 5.99.